The number of ether oxygens (including phenoxy) is 1. The Labute approximate surface area is 149 Å². The van der Waals surface area contributed by atoms with Crippen molar-refractivity contribution in [3.8, 4) is 5.75 Å². The number of halogens is 1. The van der Waals surface area contributed by atoms with Crippen LogP contribution in [0.4, 0.5) is 5.69 Å². The minimum absolute atomic E-state index is 0.0835. The third kappa shape index (κ3) is 4.83. The summed E-state index contributed by atoms with van der Waals surface area (Å²) in [7, 11) is 3.39. The summed E-state index contributed by atoms with van der Waals surface area (Å²) in [5.74, 6) is 0.275. The van der Waals surface area contributed by atoms with Crippen LogP contribution in [0.3, 0.4) is 0 Å². The lowest BCUT2D eigenvalue weighted by atomic mass is 10.2. The van der Waals surface area contributed by atoms with Crippen LogP contribution < -0.4 is 10.1 Å². The number of nitrogens with one attached hydrogen (secondary N) is 1. The summed E-state index contributed by atoms with van der Waals surface area (Å²) in [5.41, 5.74) is 1.18. The van der Waals surface area contributed by atoms with Crippen LogP contribution in [0.1, 0.15) is 17.3 Å². The molecule has 6 heteroatoms. The van der Waals surface area contributed by atoms with Crippen molar-refractivity contribution in [1.29, 1.82) is 0 Å². The van der Waals surface area contributed by atoms with Gasteiger partial charge in [0.1, 0.15) is 5.75 Å². The fourth-order valence-corrected chi connectivity index (χ4v) is 2.23. The van der Waals surface area contributed by atoms with Crippen molar-refractivity contribution in [2.75, 3.05) is 19.4 Å². The molecule has 5 nitrogen and oxygen atoms in total. The minimum Gasteiger partial charge on any atom is -0.481 e. The van der Waals surface area contributed by atoms with E-state index in [1.54, 1.807) is 57.4 Å². The Bertz CT molecular complexity index is 712. The van der Waals surface area contributed by atoms with Crippen molar-refractivity contribution < 1.29 is 14.3 Å². The molecule has 0 saturated heterocycles. The normalized spacial score (nSPS) is 11.5. The molecule has 126 valence electrons. The van der Waals surface area contributed by atoms with Crippen molar-refractivity contribution >= 4 is 33.4 Å². The molecule has 0 aliphatic rings. The average molecular weight is 391 g/mol. The molecule has 0 aromatic heterocycles. The molecule has 0 spiro atoms. The number of amides is 2. The van der Waals surface area contributed by atoms with Crippen molar-refractivity contribution in [2.45, 2.75) is 13.0 Å². The number of carbonyl (C=O) groups excluding carboxylic acids is 2. The quantitative estimate of drug-likeness (QED) is 0.848. The summed E-state index contributed by atoms with van der Waals surface area (Å²) < 4.78 is 6.55. The van der Waals surface area contributed by atoms with Gasteiger partial charge < -0.3 is 15.0 Å². The molecule has 1 unspecified atom stereocenters. The Balaban J connectivity index is 1.96. The molecule has 0 heterocycles. The van der Waals surface area contributed by atoms with E-state index in [9.17, 15) is 9.59 Å². The van der Waals surface area contributed by atoms with Crippen LogP contribution in [0.25, 0.3) is 0 Å². The predicted octanol–water partition coefficient (Wildman–Crippen LogP) is 3.56. The standard InChI is InChI=1S/C18H19BrN2O3/c1-12(24-16-10-6-14(19)7-11-16)17(22)20-15-8-4-13(5-9-15)18(23)21(2)3/h4-12H,1-3H3,(H,20,22). The molecular formula is C18H19BrN2O3. The van der Waals surface area contributed by atoms with E-state index in [1.807, 2.05) is 12.1 Å². The van der Waals surface area contributed by atoms with Crippen molar-refractivity contribution in [2.24, 2.45) is 0 Å². The van der Waals surface area contributed by atoms with Gasteiger partial charge in [-0.15, -0.1) is 0 Å². The maximum absolute atomic E-state index is 12.2. The zero-order chi connectivity index (χ0) is 17.7. The first kappa shape index (κ1) is 18.0. The monoisotopic (exact) mass is 390 g/mol. The van der Waals surface area contributed by atoms with E-state index in [4.69, 9.17) is 4.74 Å². The van der Waals surface area contributed by atoms with Gasteiger partial charge >= 0.3 is 0 Å². The van der Waals surface area contributed by atoms with Crippen LogP contribution in [0.15, 0.2) is 53.0 Å². The Morgan fingerprint density at radius 2 is 1.62 bits per heavy atom. The van der Waals surface area contributed by atoms with Crippen LogP contribution in [0.2, 0.25) is 0 Å². The van der Waals surface area contributed by atoms with E-state index < -0.39 is 6.10 Å². The predicted molar refractivity (Wildman–Crippen MR) is 97.3 cm³/mol. The van der Waals surface area contributed by atoms with Crippen LogP contribution in [0, 0.1) is 0 Å². The maximum atomic E-state index is 12.2. The molecule has 24 heavy (non-hydrogen) atoms. The number of benzene rings is 2. The number of hydrogen-bond donors (Lipinski definition) is 1. The molecule has 2 amide bonds. The average Bonchev–Trinajstić information content (AvgIpc) is 2.56. The SMILES string of the molecule is CC(Oc1ccc(Br)cc1)C(=O)Nc1ccc(C(=O)N(C)C)cc1. The second-order valence-electron chi connectivity index (χ2n) is 5.48. The number of nitrogens with zero attached hydrogens (tertiary/aromatic N) is 1. The second kappa shape index (κ2) is 7.97. The van der Waals surface area contributed by atoms with Crippen molar-refractivity contribution in [3.05, 3.63) is 58.6 Å². The number of anilines is 1. The summed E-state index contributed by atoms with van der Waals surface area (Å²) in [6.07, 6.45) is -0.644. The summed E-state index contributed by atoms with van der Waals surface area (Å²) in [6, 6.07) is 14.0. The lowest BCUT2D eigenvalue weighted by Crippen LogP contribution is -2.30. The van der Waals surface area contributed by atoms with Gasteiger partial charge in [-0.05, 0) is 55.5 Å². The number of hydrogen-bond acceptors (Lipinski definition) is 3. The van der Waals surface area contributed by atoms with E-state index in [1.165, 1.54) is 4.90 Å². The highest BCUT2D eigenvalue weighted by atomic mass is 79.9. The molecule has 2 aromatic carbocycles. The molecule has 0 bridgehead atoms. The van der Waals surface area contributed by atoms with Crippen LogP contribution in [-0.4, -0.2) is 36.9 Å². The van der Waals surface area contributed by atoms with Crippen molar-refractivity contribution in [1.82, 2.24) is 4.90 Å². The number of carbonyl (C=O) groups is 2. The largest absolute Gasteiger partial charge is 0.481 e. The molecule has 0 aliphatic carbocycles. The topological polar surface area (TPSA) is 58.6 Å². The molecule has 1 N–H and O–H groups in total. The molecule has 1 atom stereocenters. The molecule has 0 radical (unpaired) electrons. The molecule has 0 aliphatic heterocycles. The fourth-order valence-electron chi connectivity index (χ4n) is 1.97. The van der Waals surface area contributed by atoms with E-state index in [0.717, 1.165) is 4.47 Å². The first-order valence-corrected chi connectivity index (χ1v) is 8.21. The Kier molecular flexibility index (Phi) is 5.98. The fraction of sp³-hybridized carbons (Fsp3) is 0.222. The van der Waals surface area contributed by atoms with Crippen molar-refractivity contribution in [3.63, 3.8) is 0 Å². The van der Waals surface area contributed by atoms with Gasteiger partial charge in [0.15, 0.2) is 6.10 Å². The van der Waals surface area contributed by atoms with E-state index in [2.05, 4.69) is 21.2 Å². The van der Waals surface area contributed by atoms with Crippen LogP contribution in [-0.2, 0) is 4.79 Å². The first-order valence-electron chi connectivity index (χ1n) is 7.41. The number of rotatable bonds is 5. The first-order chi connectivity index (χ1) is 11.4. The van der Waals surface area contributed by atoms with E-state index >= 15 is 0 Å². The van der Waals surface area contributed by atoms with Gasteiger partial charge in [-0.2, -0.15) is 0 Å². The highest BCUT2D eigenvalue weighted by Gasteiger charge is 2.15. The summed E-state index contributed by atoms with van der Waals surface area (Å²) in [6.45, 7) is 1.68. The molecule has 2 rings (SSSR count). The summed E-state index contributed by atoms with van der Waals surface area (Å²) in [4.78, 5) is 25.5. The Hall–Kier alpha value is -2.34. The minimum atomic E-state index is -0.644. The summed E-state index contributed by atoms with van der Waals surface area (Å²) in [5, 5.41) is 2.77. The van der Waals surface area contributed by atoms with Gasteiger partial charge in [0.05, 0.1) is 0 Å². The second-order valence-corrected chi connectivity index (χ2v) is 6.40. The zero-order valence-electron chi connectivity index (χ0n) is 13.7. The molecule has 2 aromatic rings. The molecule has 0 fully saturated rings. The van der Waals surface area contributed by atoms with Gasteiger partial charge in [0.2, 0.25) is 0 Å². The maximum Gasteiger partial charge on any atom is 0.265 e. The molecule has 0 saturated carbocycles. The highest BCUT2D eigenvalue weighted by Crippen LogP contribution is 2.18. The van der Waals surface area contributed by atoms with Gasteiger partial charge in [0, 0.05) is 29.8 Å². The van der Waals surface area contributed by atoms with Gasteiger partial charge in [-0.1, -0.05) is 15.9 Å². The van der Waals surface area contributed by atoms with Gasteiger partial charge in [-0.25, -0.2) is 0 Å². The van der Waals surface area contributed by atoms with Crippen LogP contribution in [0.5, 0.6) is 5.75 Å². The van der Waals surface area contributed by atoms with Crippen LogP contribution >= 0.6 is 15.9 Å². The Morgan fingerprint density at radius 1 is 1.04 bits per heavy atom. The van der Waals surface area contributed by atoms with Gasteiger partial charge in [-0.3, -0.25) is 9.59 Å². The lowest BCUT2D eigenvalue weighted by molar-refractivity contribution is -0.122. The smallest absolute Gasteiger partial charge is 0.265 e. The van der Waals surface area contributed by atoms with Gasteiger partial charge in [0.25, 0.3) is 11.8 Å². The molecular weight excluding hydrogens is 372 g/mol. The van der Waals surface area contributed by atoms with E-state index in [0.29, 0.717) is 17.0 Å². The summed E-state index contributed by atoms with van der Waals surface area (Å²) >= 11 is 3.35. The third-order valence-electron chi connectivity index (χ3n) is 3.30. The Morgan fingerprint density at radius 3 is 2.17 bits per heavy atom. The third-order valence-corrected chi connectivity index (χ3v) is 3.83. The van der Waals surface area contributed by atoms with E-state index in [-0.39, 0.29) is 11.8 Å². The zero-order valence-corrected chi connectivity index (χ0v) is 15.3. The highest BCUT2D eigenvalue weighted by molar-refractivity contribution is 9.10. The lowest BCUT2D eigenvalue weighted by Gasteiger charge is -2.15.